The van der Waals surface area contributed by atoms with Crippen molar-refractivity contribution in [3.8, 4) is 5.75 Å². The van der Waals surface area contributed by atoms with E-state index in [4.69, 9.17) is 16.3 Å². The van der Waals surface area contributed by atoms with Gasteiger partial charge in [0.25, 0.3) is 0 Å². The number of rotatable bonds is 4. The van der Waals surface area contributed by atoms with Crippen molar-refractivity contribution in [1.29, 1.82) is 0 Å². The van der Waals surface area contributed by atoms with E-state index < -0.39 is 0 Å². The van der Waals surface area contributed by atoms with Gasteiger partial charge in [0.2, 0.25) is 0 Å². The highest BCUT2D eigenvalue weighted by Gasteiger charge is 2.24. The van der Waals surface area contributed by atoms with Crippen LogP contribution in [0.5, 0.6) is 5.75 Å². The zero-order valence-corrected chi connectivity index (χ0v) is 12.3. The average Bonchev–Trinajstić information content (AvgIpc) is 2.77. The van der Waals surface area contributed by atoms with E-state index in [1.165, 1.54) is 18.4 Å². The fourth-order valence-corrected chi connectivity index (χ4v) is 3.13. The van der Waals surface area contributed by atoms with Crippen LogP contribution in [0.3, 0.4) is 0 Å². The third-order valence-corrected chi connectivity index (χ3v) is 4.14. The Labute approximate surface area is 116 Å². The fraction of sp³-hybridized carbons (Fsp3) is 0.538. The van der Waals surface area contributed by atoms with Crippen LogP contribution in [0, 0.1) is 0 Å². The molecule has 1 aliphatic heterocycles. The second-order valence-corrected chi connectivity index (χ2v) is 5.60. The van der Waals surface area contributed by atoms with Crippen LogP contribution in [0.2, 0.25) is 0 Å². The van der Waals surface area contributed by atoms with Crippen molar-refractivity contribution >= 4 is 27.5 Å². The lowest BCUT2D eigenvalue weighted by Crippen LogP contribution is -2.30. The van der Waals surface area contributed by atoms with Gasteiger partial charge in [-0.05, 0) is 37.6 Å². The Morgan fingerprint density at radius 3 is 3.06 bits per heavy atom. The van der Waals surface area contributed by atoms with Crippen molar-refractivity contribution in [2.24, 2.45) is 0 Å². The quantitative estimate of drug-likeness (QED) is 0.786. The molecule has 17 heavy (non-hydrogen) atoms. The summed E-state index contributed by atoms with van der Waals surface area (Å²) in [6.07, 6.45) is 2.45. The minimum Gasteiger partial charge on any atom is -0.496 e. The summed E-state index contributed by atoms with van der Waals surface area (Å²) < 4.78 is 6.49. The lowest BCUT2D eigenvalue weighted by molar-refractivity contribution is 0.258. The number of benzene rings is 1. The van der Waals surface area contributed by atoms with E-state index >= 15 is 0 Å². The maximum atomic E-state index is 5.99. The fourth-order valence-electron chi connectivity index (χ4n) is 2.37. The summed E-state index contributed by atoms with van der Waals surface area (Å²) in [5.41, 5.74) is 1.22. The van der Waals surface area contributed by atoms with Gasteiger partial charge >= 0.3 is 0 Å². The van der Waals surface area contributed by atoms with Crippen LogP contribution in [0.25, 0.3) is 0 Å². The number of likely N-dealkylation sites (tertiary alicyclic amines) is 1. The third-order valence-electron chi connectivity index (χ3n) is 3.29. The number of nitrogens with zero attached hydrogens (tertiary/aromatic N) is 1. The molecule has 1 fully saturated rings. The molecule has 94 valence electrons. The van der Waals surface area contributed by atoms with Crippen LogP contribution in [0.15, 0.2) is 22.7 Å². The van der Waals surface area contributed by atoms with Crippen molar-refractivity contribution in [2.75, 3.05) is 19.5 Å². The van der Waals surface area contributed by atoms with Gasteiger partial charge in [-0.2, -0.15) is 0 Å². The summed E-state index contributed by atoms with van der Waals surface area (Å²) in [6, 6.07) is 6.65. The monoisotopic (exact) mass is 317 g/mol. The SMILES string of the molecule is COc1ccc(Br)cc1CN1CCCC1CCl. The van der Waals surface area contributed by atoms with Crippen LogP contribution in [-0.2, 0) is 6.54 Å². The Morgan fingerprint density at radius 2 is 2.35 bits per heavy atom. The molecule has 1 atom stereocenters. The minimum atomic E-state index is 0.514. The van der Waals surface area contributed by atoms with Gasteiger partial charge in [-0.25, -0.2) is 0 Å². The van der Waals surface area contributed by atoms with Gasteiger partial charge in [-0.15, -0.1) is 11.6 Å². The Morgan fingerprint density at radius 1 is 1.53 bits per heavy atom. The highest BCUT2D eigenvalue weighted by molar-refractivity contribution is 9.10. The van der Waals surface area contributed by atoms with Crippen LogP contribution < -0.4 is 4.74 Å². The Hall–Kier alpha value is -0.250. The van der Waals surface area contributed by atoms with Crippen molar-refractivity contribution in [2.45, 2.75) is 25.4 Å². The van der Waals surface area contributed by atoms with Crippen molar-refractivity contribution in [3.05, 3.63) is 28.2 Å². The van der Waals surface area contributed by atoms with E-state index in [0.717, 1.165) is 29.2 Å². The second kappa shape index (κ2) is 6.07. The van der Waals surface area contributed by atoms with Gasteiger partial charge < -0.3 is 4.74 Å². The molecule has 2 rings (SSSR count). The molecule has 0 bridgehead atoms. The molecule has 0 radical (unpaired) electrons. The van der Waals surface area contributed by atoms with Gasteiger partial charge in [-0.1, -0.05) is 15.9 Å². The molecule has 2 nitrogen and oxygen atoms in total. The average molecular weight is 319 g/mol. The molecule has 0 saturated carbocycles. The largest absolute Gasteiger partial charge is 0.496 e. The lowest BCUT2D eigenvalue weighted by atomic mass is 10.1. The first-order valence-corrected chi connectivity index (χ1v) is 7.19. The standard InChI is InChI=1S/C13H17BrClNO/c1-17-13-5-4-11(14)7-10(13)9-16-6-2-3-12(16)8-15/h4-5,7,12H,2-3,6,8-9H2,1H3. The highest BCUT2D eigenvalue weighted by Crippen LogP contribution is 2.27. The number of halogens is 2. The summed E-state index contributed by atoms with van der Waals surface area (Å²) in [5, 5.41) is 0. The molecule has 0 aliphatic carbocycles. The Balaban J connectivity index is 2.14. The van der Waals surface area contributed by atoms with E-state index in [1.54, 1.807) is 7.11 Å². The first kappa shape index (κ1) is 13.2. The molecule has 0 amide bonds. The van der Waals surface area contributed by atoms with E-state index in [1.807, 2.05) is 12.1 Å². The second-order valence-electron chi connectivity index (χ2n) is 4.38. The summed E-state index contributed by atoms with van der Waals surface area (Å²) in [6.45, 7) is 2.05. The van der Waals surface area contributed by atoms with E-state index in [2.05, 4.69) is 26.9 Å². The zero-order valence-electron chi connectivity index (χ0n) is 9.96. The maximum absolute atomic E-state index is 5.99. The van der Waals surface area contributed by atoms with Crippen molar-refractivity contribution in [1.82, 2.24) is 4.90 Å². The molecule has 0 N–H and O–H groups in total. The van der Waals surface area contributed by atoms with Crippen molar-refractivity contribution < 1.29 is 4.74 Å². The van der Waals surface area contributed by atoms with Crippen molar-refractivity contribution in [3.63, 3.8) is 0 Å². The molecule has 4 heteroatoms. The predicted octanol–water partition coefficient (Wildman–Crippen LogP) is 3.66. The first-order chi connectivity index (χ1) is 8.24. The minimum absolute atomic E-state index is 0.514. The zero-order chi connectivity index (χ0) is 12.3. The summed E-state index contributed by atoms with van der Waals surface area (Å²) in [4.78, 5) is 2.44. The third kappa shape index (κ3) is 3.15. The topological polar surface area (TPSA) is 12.5 Å². The number of methoxy groups -OCH3 is 1. The lowest BCUT2D eigenvalue weighted by Gasteiger charge is -2.23. The summed E-state index contributed by atoms with van der Waals surface area (Å²) in [7, 11) is 1.72. The number of hydrogen-bond acceptors (Lipinski definition) is 2. The van der Waals surface area contributed by atoms with Crippen LogP contribution in [0.4, 0.5) is 0 Å². The van der Waals surface area contributed by atoms with Crippen LogP contribution in [-0.4, -0.2) is 30.5 Å². The molecule has 0 aromatic heterocycles. The maximum Gasteiger partial charge on any atom is 0.123 e. The summed E-state index contributed by atoms with van der Waals surface area (Å²) in [5.74, 6) is 1.67. The number of ether oxygens (including phenoxy) is 1. The Kier molecular flexibility index (Phi) is 4.71. The molecule has 1 aliphatic rings. The molecule has 1 saturated heterocycles. The van der Waals surface area contributed by atoms with E-state index in [0.29, 0.717) is 6.04 Å². The molecule has 1 aromatic carbocycles. The smallest absolute Gasteiger partial charge is 0.123 e. The predicted molar refractivity (Wildman–Crippen MR) is 74.8 cm³/mol. The van der Waals surface area contributed by atoms with Crippen LogP contribution >= 0.6 is 27.5 Å². The van der Waals surface area contributed by atoms with Gasteiger partial charge in [-0.3, -0.25) is 4.90 Å². The first-order valence-electron chi connectivity index (χ1n) is 5.87. The van der Waals surface area contributed by atoms with Gasteiger partial charge in [0, 0.05) is 28.5 Å². The number of hydrogen-bond donors (Lipinski definition) is 0. The van der Waals surface area contributed by atoms with E-state index in [9.17, 15) is 0 Å². The Bertz CT molecular complexity index is 386. The van der Waals surface area contributed by atoms with Crippen LogP contribution in [0.1, 0.15) is 18.4 Å². The molecule has 1 unspecified atom stereocenters. The van der Waals surface area contributed by atoms with Gasteiger partial charge in [0.1, 0.15) is 5.75 Å². The number of alkyl halides is 1. The molecule has 1 aromatic rings. The highest BCUT2D eigenvalue weighted by atomic mass is 79.9. The van der Waals surface area contributed by atoms with Gasteiger partial charge in [0.15, 0.2) is 0 Å². The normalized spacial score (nSPS) is 20.8. The molecule has 1 heterocycles. The van der Waals surface area contributed by atoms with E-state index in [-0.39, 0.29) is 0 Å². The summed E-state index contributed by atoms with van der Waals surface area (Å²) >= 11 is 9.50. The molecule has 0 spiro atoms. The molecular formula is C13H17BrClNO. The van der Waals surface area contributed by atoms with Gasteiger partial charge in [0.05, 0.1) is 7.11 Å². The molecular weight excluding hydrogens is 302 g/mol.